The van der Waals surface area contributed by atoms with Crippen molar-refractivity contribution in [2.24, 2.45) is 5.73 Å². The predicted octanol–water partition coefficient (Wildman–Crippen LogP) is 0.668. The van der Waals surface area contributed by atoms with E-state index in [9.17, 15) is 9.59 Å². The maximum absolute atomic E-state index is 11.3. The molecule has 0 aliphatic carbocycles. The number of amides is 2. The summed E-state index contributed by atoms with van der Waals surface area (Å²) < 4.78 is 0. The third kappa shape index (κ3) is 11.0. The van der Waals surface area contributed by atoms with Gasteiger partial charge in [0.25, 0.3) is 0 Å². The normalized spacial score (nSPS) is 11.9. The summed E-state index contributed by atoms with van der Waals surface area (Å²) in [4.78, 5) is 21.7. The van der Waals surface area contributed by atoms with Crippen molar-refractivity contribution in [3.8, 4) is 0 Å². The smallest absolute Gasteiger partial charge is 0.314 e. The lowest BCUT2D eigenvalue weighted by atomic mass is 10.2. The van der Waals surface area contributed by atoms with Crippen LogP contribution in [0.15, 0.2) is 0 Å². The lowest BCUT2D eigenvalue weighted by molar-refractivity contribution is -0.137. The highest BCUT2D eigenvalue weighted by atomic mass is 16.4. The quantitative estimate of drug-likeness (QED) is 0.448. The summed E-state index contributed by atoms with van der Waals surface area (Å²) in [6.07, 6.45) is 3.39. The van der Waals surface area contributed by atoms with Crippen LogP contribution in [0.25, 0.3) is 0 Å². The van der Waals surface area contributed by atoms with Crippen LogP contribution in [0.3, 0.4) is 0 Å². The van der Waals surface area contributed by atoms with E-state index >= 15 is 0 Å². The number of carboxylic acid groups (broad SMARTS) is 1. The number of carbonyl (C=O) groups excluding carboxylic acids is 1. The lowest BCUT2D eigenvalue weighted by Gasteiger charge is -2.13. The highest BCUT2D eigenvalue weighted by Gasteiger charge is 2.08. The fourth-order valence-corrected chi connectivity index (χ4v) is 1.34. The van der Waals surface area contributed by atoms with E-state index in [1.165, 1.54) is 0 Å². The molecule has 0 rings (SSSR count). The molecule has 0 aliphatic rings. The van der Waals surface area contributed by atoms with Crippen molar-refractivity contribution in [3.63, 3.8) is 0 Å². The molecule has 0 fully saturated rings. The molecular weight excluding hydrogens is 222 g/mol. The maximum Gasteiger partial charge on any atom is 0.314 e. The molecule has 1 atom stereocenters. The summed E-state index contributed by atoms with van der Waals surface area (Å²) in [5.41, 5.74) is 5.35. The van der Waals surface area contributed by atoms with Gasteiger partial charge in [-0.1, -0.05) is 6.42 Å². The van der Waals surface area contributed by atoms with Crippen LogP contribution in [0.5, 0.6) is 0 Å². The number of rotatable bonds is 9. The number of unbranched alkanes of at least 4 members (excludes halogenated alkanes) is 2. The first-order valence-electron chi connectivity index (χ1n) is 6.02. The monoisotopic (exact) mass is 245 g/mol. The van der Waals surface area contributed by atoms with Gasteiger partial charge in [0, 0.05) is 19.0 Å². The van der Waals surface area contributed by atoms with Crippen molar-refractivity contribution in [1.82, 2.24) is 10.6 Å². The van der Waals surface area contributed by atoms with Gasteiger partial charge < -0.3 is 21.5 Å². The van der Waals surface area contributed by atoms with Gasteiger partial charge in [-0.15, -0.1) is 0 Å². The molecule has 5 N–H and O–H groups in total. The minimum Gasteiger partial charge on any atom is -0.481 e. The van der Waals surface area contributed by atoms with Crippen LogP contribution >= 0.6 is 0 Å². The summed E-state index contributed by atoms with van der Waals surface area (Å²) in [6.45, 7) is 3.09. The molecule has 0 unspecified atom stereocenters. The zero-order valence-corrected chi connectivity index (χ0v) is 10.4. The van der Waals surface area contributed by atoms with Crippen LogP contribution in [0.2, 0.25) is 0 Å². The molecule has 0 heterocycles. The van der Waals surface area contributed by atoms with E-state index < -0.39 is 5.97 Å². The second-order valence-corrected chi connectivity index (χ2v) is 4.08. The van der Waals surface area contributed by atoms with Gasteiger partial charge in [0.05, 0.1) is 0 Å². The number of hydrogen-bond donors (Lipinski definition) is 4. The average molecular weight is 245 g/mol. The fourth-order valence-electron chi connectivity index (χ4n) is 1.34. The molecule has 2 amide bonds. The Balaban J connectivity index is 3.47. The zero-order chi connectivity index (χ0) is 13.1. The number of urea groups is 1. The summed E-state index contributed by atoms with van der Waals surface area (Å²) >= 11 is 0. The Labute approximate surface area is 102 Å². The molecule has 0 aromatic heterocycles. The molecule has 0 saturated heterocycles. The highest BCUT2D eigenvalue weighted by Crippen LogP contribution is 1.96. The molecule has 100 valence electrons. The first-order valence-corrected chi connectivity index (χ1v) is 6.02. The van der Waals surface area contributed by atoms with E-state index in [0.717, 1.165) is 19.3 Å². The van der Waals surface area contributed by atoms with Gasteiger partial charge in [-0.25, -0.2) is 4.79 Å². The number of aliphatic carboxylic acids is 1. The Morgan fingerprint density at radius 2 is 2.00 bits per heavy atom. The van der Waals surface area contributed by atoms with Crippen molar-refractivity contribution in [3.05, 3.63) is 0 Å². The van der Waals surface area contributed by atoms with Gasteiger partial charge in [0.1, 0.15) is 0 Å². The molecule has 0 saturated carbocycles. The molecule has 0 spiro atoms. The van der Waals surface area contributed by atoms with Gasteiger partial charge in [-0.2, -0.15) is 0 Å². The number of nitrogens with two attached hydrogens (primary N) is 1. The standard InChI is InChI=1S/C11H23N3O3/c1-9(5-6-10(15)16)14-11(17)13-8-4-2-3-7-12/h9H,2-8,12H2,1H3,(H,15,16)(H2,13,14,17)/t9-/m1/s1. The molecule has 6 nitrogen and oxygen atoms in total. The number of carboxylic acids is 1. The van der Waals surface area contributed by atoms with Gasteiger partial charge >= 0.3 is 12.0 Å². The minimum atomic E-state index is -0.846. The lowest BCUT2D eigenvalue weighted by Crippen LogP contribution is -2.41. The molecule has 17 heavy (non-hydrogen) atoms. The number of hydrogen-bond acceptors (Lipinski definition) is 3. The Hall–Kier alpha value is -1.30. The van der Waals surface area contributed by atoms with Gasteiger partial charge in [0.2, 0.25) is 0 Å². The number of carbonyl (C=O) groups is 2. The highest BCUT2D eigenvalue weighted by molar-refractivity contribution is 5.74. The Kier molecular flexibility index (Phi) is 9.14. The Morgan fingerprint density at radius 3 is 2.59 bits per heavy atom. The molecule has 0 radical (unpaired) electrons. The molecular formula is C11H23N3O3. The summed E-state index contributed by atoms with van der Waals surface area (Å²) in [6, 6.07) is -0.370. The summed E-state index contributed by atoms with van der Waals surface area (Å²) in [7, 11) is 0. The second kappa shape index (κ2) is 9.89. The largest absolute Gasteiger partial charge is 0.481 e. The van der Waals surface area contributed by atoms with Crippen LogP contribution in [-0.4, -0.2) is 36.2 Å². The van der Waals surface area contributed by atoms with E-state index in [4.69, 9.17) is 10.8 Å². The second-order valence-electron chi connectivity index (χ2n) is 4.08. The predicted molar refractivity (Wildman–Crippen MR) is 65.8 cm³/mol. The zero-order valence-electron chi connectivity index (χ0n) is 10.4. The molecule has 0 aromatic rings. The van der Waals surface area contributed by atoms with Crippen molar-refractivity contribution >= 4 is 12.0 Å². The van der Waals surface area contributed by atoms with E-state index in [1.807, 2.05) is 0 Å². The molecule has 0 bridgehead atoms. The molecule has 0 aliphatic heterocycles. The minimum absolute atomic E-state index is 0.0674. The van der Waals surface area contributed by atoms with Crippen LogP contribution in [0.1, 0.15) is 39.0 Å². The van der Waals surface area contributed by atoms with Crippen LogP contribution in [0, 0.1) is 0 Å². The van der Waals surface area contributed by atoms with Gasteiger partial charge in [0.15, 0.2) is 0 Å². The average Bonchev–Trinajstić information content (AvgIpc) is 2.26. The third-order valence-electron chi connectivity index (χ3n) is 2.34. The summed E-state index contributed by atoms with van der Waals surface area (Å²) in [5, 5.41) is 13.9. The van der Waals surface area contributed by atoms with Crippen LogP contribution < -0.4 is 16.4 Å². The van der Waals surface area contributed by atoms with Crippen LogP contribution in [0.4, 0.5) is 4.79 Å². The van der Waals surface area contributed by atoms with E-state index in [1.54, 1.807) is 6.92 Å². The van der Waals surface area contributed by atoms with E-state index in [0.29, 0.717) is 19.5 Å². The Morgan fingerprint density at radius 1 is 1.29 bits per heavy atom. The third-order valence-corrected chi connectivity index (χ3v) is 2.34. The first-order chi connectivity index (χ1) is 8.06. The first kappa shape index (κ1) is 15.7. The topological polar surface area (TPSA) is 104 Å². The maximum atomic E-state index is 11.3. The van der Waals surface area contributed by atoms with Crippen LogP contribution in [-0.2, 0) is 4.79 Å². The van der Waals surface area contributed by atoms with Crippen molar-refractivity contribution in [2.45, 2.75) is 45.1 Å². The van der Waals surface area contributed by atoms with Gasteiger partial charge in [-0.3, -0.25) is 4.79 Å². The van der Waals surface area contributed by atoms with Crippen molar-refractivity contribution in [2.75, 3.05) is 13.1 Å². The van der Waals surface area contributed by atoms with Crippen molar-refractivity contribution in [1.29, 1.82) is 0 Å². The van der Waals surface area contributed by atoms with Crippen molar-refractivity contribution < 1.29 is 14.7 Å². The molecule has 0 aromatic carbocycles. The summed E-state index contributed by atoms with van der Waals surface area (Å²) in [5.74, 6) is -0.846. The SMILES string of the molecule is C[C@H](CCC(=O)O)NC(=O)NCCCCCN. The Bertz CT molecular complexity index is 234. The molecule has 6 heteroatoms. The van der Waals surface area contributed by atoms with E-state index in [-0.39, 0.29) is 18.5 Å². The number of nitrogens with one attached hydrogen (secondary N) is 2. The fraction of sp³-hybridized carbons (Fsp3) is 0.818. The van der Waals surface area contributed by atoms with E-state index in [2.05, 4.69) is 10.6 Å². The van der Waals surface area contributed by atoms with Gasteiger partial charge in [-0.05, 0) is 32.7 Å².